The number of fused-ring (bicyclic) bond motifs is 1. The van der Waals surface area contributed by atoms with Crippen molar-refractivity contribution in [2.24, 2.45) is 5.73 Å². The lowest BCUT2D eigenvalue weighted by molar-refractivity contribution is -0.274. The maximum Gasteiger partial charge on any atom is 0.573 e. The lowest BCUT2D eigenvalue weighted by atomic mass is 9.97. The van der Waals surface area contributed by atoms with Gasteiger partial charge in [0.1, 0.15) is 5.75 Å². The summed E-state index contributed by atoms with van der Waals surface area (Å²) in [5.74, 6) is -0.260. The highest BCUT2D eigenvalue weighted by Gasteiger charge is 2.31. The zero-order chi connectivity index (χ0) is 16.6. The first-order valence-corrected chi connectivity index (χ1v) is 7.03. The highest BCUT2D eigenvalue weighted by molar-refractivity contribution is 5.85. The number of nitrogens with two attached hydrogens (primary N) is 1. The molecule has 0 radical (unpaired) electrons. The minimum absolute atomic E-state index is 0.260. The molecule has 0 spiro atoms. The van der Waals surface area contributed by atoms with Crippen LogP contribution in [0.25, 0.3) is 10.9 Å². The molecule has 6 heteroatoms. The topological polar surface area (TPSA) is 51.0 Å². The molecule has 3 nitrogen and oxygen atoms in total. The molecule has 0 aliphatic rings. The van der Waals surface area contributed by atoms with E-state index in [2.05, 4.69) is 9.72 Å². The molecule has 0 fully saturated rings. The molecule has 0 amide bonds. The zero-order valence-corrected chi connectivity index (χ0v) is 12.3. The predicted octanol–water partition coefficient (Wildman–Crippen LogP) is 4.42. The molecule has 2 aromatic carbocycles. The van der Waals surface area contributed by atoms with Crippen molar-refractivity contribution in [1.29, 1.82) is 0 Å². The van der Waals surface area contributed by atoms with E-state index in [1.54, 1.807) is 12.1 Å². The molecule has 120 valence electrons. The van der Waals surface area contributed by atoms with Gasteiger partial charge >= 0.3 is 6.36 Å². The molecule has 0 aliphatic heterocycles. The molecule has 3 aromatic rings. The third-order valence-corrected chi connectivity index (χ3v) is 3.73. The molecule has 0 saturated heterocycles. The molecule has 1 atom stereocenters. The van der Waals surface area contributed by atoms with Gasteiger partial charge in [0, 0.05) is 22.2 Å². The highest BCUT2D eigenvalue weighted by Crippen LogP contribution is 2.31. The van der Waals surface area contributed by atoms with Crippen LogP contribution >= 0.6 is 0 Å². The van der Waals surface area contributed by atoms with E-state index >= 15 is 0 Å². The van der Waals surface area contributed by atoms with Crippen LogP contribution in [-0.2, 0) is 0 Å². The van der Waals surface area contributed by atoms with E-state index in [-0.39, 0.29) is 5.75 Å². The molecule has 0 bridgehead atoms. The molecule has 0 unspecified atom stereocenters. The van der Waals surface area contributed by atoms with Crippen LogP contribution in [-0.4, -0.2) is 11.3 Å². The Balaban J connectivity index is 1.93. The second kappa shape index (κ2) is 5.62. The molecule has 3 rings (SSSR count). The van der Waals surface area contributed by atoms with Crippen molar-refractivity contribution < 1.29 is 17.9 Å². The van der Waals surface area contributed by atoms with Crippen molar-refractivity contribution in [3.8, 4) is 5.75 Å². The predicted molar refractivity (Wildman–Crippen MR) is 82.2 cm³/mol. The van der Waals surface area contributed by atoms with Crippen LogP contribution in [0.5, 0.6) is 5.75 Å². The standard InChI is InChI=1S/C17H15F3N2O/c1-10-15(13-4-2-3-5-14(13)22-10)16(21)11-6-8-12(9-7-11)23-17(18,19)20/h2-9,16,22H,21H2,1H3/t16-/m0/s1. The summed E-state index contributed by atoms with van der Waals surface area (Å²) >= 11 is 0. The van der Waals surface area contributed by atoms with Gasteiger partial charge in [-0.3, -0.25) is 0 Å². The molecule has 3 N–H and O–H groups in total. The summed E-state index contributed by atoms with van der Waals surface area (Å²) in [5.41, 5.74) is 9.89. The van der Waals surface area contributed by atoms with Crippen LogP contribution < -0.4 is 10.5 Å². The number of halogens is 3. The number of H-pyrrole nitrogens is 1. The Kier molecular flexibility index (Phi) is 3.77. The molecular weight excluding hydrogens is 305 g/mol. The van der Waals surface area contributed by atoms with Crippen molar-refractivity contribution in [1.82, 2.24) is 4.98 Å². The monoisotopic (exact) mass is 320 g/mol. The van der Waals surface area contributed by atoms with E-state index in [9.17, 15) is 13.2 Å². The first-order chi connectivity index (χ1) is 10.8. The molecule has 1 heterocycles. The summed E-state index contributed by atoms with van der Waals surface area (Å²) in [7, 11) is 0. The molecule has 0 saturated carbocycles. The smallest absolute Gasteiger partial charge is 0.406 e. The summed E-state index contributed by atoms with van der Waals surface area (Å²) in [5, 5.41) is 1.01. The number of nitrogens with one attached hydrogen (secondary N) is 1. The van der Waals surface area contributed by atoms with Gasteiger partial charge in [0.05, 0.1) is 6.04 Å². The van der Waals surface area contributed by atoms with Crippen molar-refractivity contribution >= 4 is 10.9 Å². The van der Waals surface area contributed by atoms with Gasteiger partial charge in [0.25, 0.3) is 0 Å². The number of alkyl halides is 3. The fourth-order valence-electron chi connectivity index (χ4n) is 2.74. The third kappa shape index (κ3) is 3.17. The quantitative estimate of drug-likeness (QED) is 0.750. The van der Waals surface area contributed by atoms with E-state index in [0.717, 1.165) is 22.2 Å². The Morgan fingerprint density at radius 2 is 1.70 bits per heavy atom. The van der Waals surface area contributed by atoms with Crippen molar-refractivity contribution in [2.75, 3.05) is 0 Å². The highest BCUT2D eigenvalue weighted by atomic mass is 19.4. The Bertz CT molecular complexity index is 822. The number of aromatic amines is 1. The van der Waals surface area contributed by atoms with E-state index in [0.29, 0.717) is 5.56 Å². The third-order valence-electron chi connectivity index (χ3n) is 3.73. The van der Waals surface area contributed by atoms with Crippen LogP contribution in [0, 0.1) is 6.92 Å². The Morgan fingerprint density at radius 3 is 2.35 bits per heavy atom. The lowest BCUT2D eigenvalue weighted by Crippen LogP contribution is -2.17. The minimum Gasteiger partial charge on any atom is -0.406 e. The van der Waals surface area contributed by atoms with Gasteiger partial charge in [0.2, 0.25) is 0 Å². The summed E-state index contributed by atoms with van der Waals surface area (Å²) in [6, 6.07) is 13.0. The van der Waals surface area contributed by atoms with Gasteiger partial charge in [-0.2, -0.15) is 0 Å². The normalized spacial score (nSPS) is 13.3. The SMILES string of the molecule is Cc1[nH]c2ccccc2c1[C@@H](N)c1ccc(OC(F)(F)F)cc1. The van der Waals surface area contributed by atoms with E-state index in [1.165, 1.54) is 12.1 Å². The molecule has 1 aromatic heterocycles. The van der Waals surface area contributed by atoms with Gasteiger partial charge in [-0.05, 0) is 30.7 Å². The first kappa shape index (κ1) is 15.4. The Labute approximate surface area is 130 Å². The largest absolute Gasteiger partial charge is 0.573 e. The number of benzene rings is 2. The van der Waals surface area contributed by atoms with Crippen molar-refractivity contribution in [2.45, 2.75) is 19.3 Å². The Morgan fingerprint density at radius 1 is 1.04 bits per heavy atom. The van der Waals surface area contributed by atoms with E-state index in [4.69, 9.17) is 5.73 Å². The lowest BCUT2D eigenvalue weighted by Gasteiger charge is -2.14. The maximum atomic E-state index is 12.2. The van der Waals surface area contributed by atoms with Crippen LogP contribution in [0.4, 0.5) is 13.2 Å². The summed E-state index contributed by atoms with van der Waals surface area (Å²) < 4.78 is 40.5. The second-order valence-corrected chi connectivity index (χ2v) is 5.30. The van der Waals surface area contributed by atoms with Crippen molar-refractivity contribution in [3.63, 3.8) is 0 Å². The molecule has 0 aliphatic carbocycles. The van der Waals surface area contributed by atoms with E-state index < -0.39 is 12.4 Å². The molecule has 23 heavy (non-hydrogen) atoms. The average molecular weight is 320 g/mol. The summed E-state index contributed by atoms with van der Waals surface area (Å²) in [6.45, 7) is 1.93. The average Bonchev–Trinajstić information content (AvgIpc) is 2.81. The Hall–Kier alpha value is -2.47. The number of ether oxygens (including phenoxy) is 1. The number of aryl methyl sites for hydroxylation is 1. The number of aromatic nitrogens is 1. The summed E-state index contributed by atoms with van der Waals surface area (Å²) in [6.07, 6.45) is -4.70. The van der Waals surface area contributed by atoms with Gasteiger partial charge < -0.3 is 15.5 Å². The zero-order valence-electron chi connectivity index (χ0n) is 12.3. The van der Waals surface area contributed by atoms with Crippen LogP contribution in [0.2, 0.25) is 0 Å². The number of hydrogen-bond donors (Lipinski definition) is 2. The molecular formula is C17H15F3N2O. The van der Waals surface area contributed by atoms with Gasteiger partial charge in [0.15, 0.2) is 0 Å². The number of rotatable bonds is 3. The fourth-order valence-corrected chi connectivity index (χ4v) is 2.74. The van der Waals surface area contributed by atoms with E-state index in [1.807, 2.05) is 31.2 Å². The van der Waals surface area contributed by atoms with Gasteiger partial charge in [-0.1, -0.05) is 30.3 Å². The minimum atomic E-state index is -4.70. The van der Waals surface area contributed by atoms with Crippen molar-refractivity contribution in [3.05, 3.63) is 65.4 Å². The van der Waals surface area contributed by atoms with Crippen LogP contribution in [0.15, 0.2) is 48.5 Å². The van der Waals surface area contributed by atoms with Crippen LogP contribution in [0.3, 0.4) is 0 Å². The number of para-hydroxylation sites is 1. The first-order valence-electron chi connectivity index (χ1n) is 7.03. The fraction of sp³-hybridized carbons (Fsp3) is 0.176. The van der Waals surface area contributed by atoms with Gasteiger partial charge in [-0.25, -0.2) is 0 Å². The maximum absolute atomic E-state index is 12.2. The van der Waals surface area contributed by atoms with Gasteiger partial charge in [-0.15, -0.1) is 13.2 Å². The summed E-state index contributed by atoms with van der Waals surface area (Å²) in [4.78, 5) is 3.27. The van der Waals surface area contributed by atoms with Crippen LogP contribution in [0.1, 0.15) is 22.9 Å². The second-order valence-electron chi connectivity index (χ2n) is 5.30. The number of hydrogen-bond acceptors (Lipinski definition) is 2.